The van der Waals surface area contributed by atoms with E-state index in [0.717, 1.165) is 0 Å². The molecular formula is C10H18FNO2. The fourth-order valence-electron chi connectivity index (χ4n) is 1.86. The lowest BCUT2D eigenvalue weighted by atomic mass is 9.96. The number of hydrogen-bond acceptors (Lipinski definition) is 2. The van der Waals surface area contributed by atoms with Crippen LogP contribution in [0.3, 0.4) is 0 Å². The molecule has 2 atom stereocenters. The Labute approximate surface area is 83.9 Å². The molecule has 2 unspecified atom stereocenters. The molecule has 4 heteroatoms. The average molecular weight is 203 g/mol. The Morgan fingerprint density at radius 3 is 2.50 bits per heavy atom. The highest BCUT2D eigenvalue weighted by molar-refractivity contribution is 5.84. The first-order chi connectivity index (χ1) is 6.30. The van der Waals surface area contributed by atoms with Gasteiger partial charge in [0.25, 0.3) is 5.91 Å². The predicted molar refractivity (Wildman–Crippen MR) is 51.6 cm³/mol. The molecule has 82 valence electrons. The number of halogens is 1. The minimum absolute atomic E-state index is 0.241. The van der Waals surface area contributed by atoms with Crippen LogP contribution < -0.4 is 0 Å². The Morgan fingerprint density at radius 1 is 1.50 bits per heavy atom. The van der Waals surface area contributed by atoms with Crippen LogP contribution in [0.1, 0.15) is 27.2 Å². The first-order valence-electron chi connectivity index (χ1n) is 4.97. The van der Waals surface area contributed by atoms with E-state index in [1.807, 2.05) is 6.92 Å². The highest BCUT2D eigenvalue weighted by Gasteiger charge is 2.35. The molecule has 0 aromatic carbocycles. The van der Waals surface area contributed by atoms with Crippen LogP contribution in [-0.2, 0) is 4.79 Å². The maximum atomic E-state index is 13.3. The van der Waals surface area contributed by atoms with Crippen molar-refractivity contribution in [3.63, 3.8) is 0 Å². The summed E-state index contributed by atoms with van der Waals surface area (Å²) >= 11 is 0. The van der Waals surface area contributed by atoms with Gasteiger partial charge in [0.05, 0.1) is 6.10 Å². The Kier molecular flexibility index (Phi) is 3.14. The van der Waals surface area contributed by atoms with Gasteiger partial charge < -0.3 is 10.0 Å². The summed E-state index contributed by atoms with van der Waals surface area (Å²) in [6, 6.07) is 0. The van der Waals surface area contributed by atoms with Crippen LogP contribution in [0, 0.1) is 5.92 Å². The number of nitrogens with zero attached hydrogens (tertiary/aromatic N) is 1. The van der Waals surface area contributed by atoms with E-state index < -0.39 is 17.7 Å². The number of carbonyl (C=O) groups excluding carboxylic acids is 1. The number of amides is 1. The molecule has 1 N–H and O–H groups in total. The quantitative estimate of drug-likeness (QED) is 0.689. The van der Waals surface area contributed by atoms with Gasteiger partial charge in [-0.3, -0.25) is 4.79 Å². The van der Waals surface area contributed by atoms with Crippen LogP contribution in [0.15, 0.2) is 0 Å². The lowest BCUT2D eigenvalue weighted by Gasteiger charge is -2.36. The number of aliphatic hydroxyl groups excluding tert-OH is 1. The normalized spacial score (nSPS) is 29.1. The van der Waals surface area contributed by atoms with Crippen molar-refractivity contribution < 1.29 is 14.3 Å². The molecule has 0 spiro atoms. The molecule has 3 nitrogen and oxygen atoms in total. The molecule has 0 bridgehead atoms. The summed E-state index contributed by atoms with van der Waals surface area (Å²) in [7, 11) is 0. The third-order valence-corrected chi connectivity index (χ3v) is 2.43. The summed E-state index contributed by atoms with van der Waals surface area (Å²) in [5, 5.41) is 9.45. The van der Waals surface area contributed by atoms with Gasteiger partial charge in [0, 0.05) is 13.1 Å². The van der Waals surface area contributed by atoms with E-state index in [1.54, 1.807) is 0 Å². The van der Waals surface area contributed by atoms with Gasteiger partial charge >= 0.3 is 0 Å². The molecule has 0 radical (unpaired) electrons. The van der Waals surface area contributed by atoms with Gasteiger partial charge in [-0.15, -0.1) is 0 Å². The number of rotatable bonds is 1. The number of alkyl halides is 1. The van der Waals surface area contributed by atoms with Crippen molar-refractivity contribution >= 4 is 5.91 Å². The number of likely N-dealkylation sites (tertiary alicyclic amines) is 1. The topological polar surface area (TPSA) is 40.5 Å². The van der Waals surface area contributed by atoms with E-state index in [4.69, 9.17) is 0 Å². The maximum absolute atomic E-state index is 13.3. The van der Waals surface area contributed by atoms with Crippen LogP contribution in [0.2, 0.25) is 0 Å². The smallest absolute Gasteiger partial charge is 0.259 e. The largest absolute Gasteiger partial charge is 0.391 e. The molecule has 1 heterocycles. The fraction of sp³-hybridized carbons (Fsp3) is 0.900. The lowest BCUT2D eigenvalue weighted by Crippen LogP contribution is -2.51. The molecule has 0 aromatic rings. The Hall–Kier alpha value is -0.640. The summed E-state index contributed by atoms with van der Waals surface area (Å²) in [5.74, 6) is -0.284. The third-order valence-electron chi connectivity index (χ3n) is 2.43. The van der Waals surface area contributed by atoms with Crippen molar-refractivity contribution in [2.24, 2.45) is 5.92 Å². The van der Waals surface area contributed by atoms with Crippen molar-refractivity contribution in [2.45, 2.75) is 39.0 Å². The van der Waals surface area contributed by atoms with Gasteiger partial charge in [0.1, 0.15) is 0 Å². The van der Waals surface area contributed by atoms with Gasteiger partial charge in [-0.1, -0.05) is 6.92 Å². The van der Waals surface area contributed by atoms with E-state index in [1.165, 1.54) is 18.7 Å². The van der Waals surface area contributed by atoms with Gasteiger partial charge in [-0.05, 0) is 26.2 Å². The number of hydrogen-bond donors (Lipinski definition) is 1. The Bertz CT molecular complexity index is 215. The molecule has 14 heavy (non-hydrogen) atoms. The van der Waals surface area contributed by atoms with Crippen LogP contribution in [0.25, 0.3) is 0 Å². The standard InChI is InChI=1S/C10H18FNO2/c1-7-4-8(13)6-12(5-7)9(14)10(2,3)11/h7-8,13H,4-6H2,1-3H3. The second kappa shape index (κ2) is 3.85. The SMILES string of the molecule is CC1CC(O)CN(C(=O)C(C)(C)F)C1. The molecule has 1 saturated heterocycles. The van der Waals surface area contributed by atoms with Gasteiger partial charge in [0.2, 0.25) is 0 Å². The molecule has 0 aromatic heterocycles. The van der Waals surface area contributed by atoms with Gasteiger partial charge in [-0.2, -0.15) is 0 Å². The number of carbonyl (C=O) groups is 1. The zero-order valence-electron chi connectivity index (χ0n) is 8.96. The molecule has 1 aliphatic heterocycles. The van der Waals surface area contributed by atoms with Crippen molar-refractivity contribution in [1.29, 1.82) is 0 Å². The summed E-state index contributed by atoms with van der Waals surface area (Å²) in [5.41, 5.74) is -1.84. The summed E-state index contributed by atoms with van der Waals surface area (Å²) < 4.78 is 13.3. The summed E-state index contributed by atoms with van der Waals surface area (Å²) in [6.07, 6.45) is 0.182. The van der Waals surface area contributed by atoms with E-state index in [-0.39, 0.29) is 12.5 Å². The highest BCUT2D eigenvalue weighted by atomic mass is 19.1. The monoisotopic (exact) mass is 203 g/mol. The first kappa shape index (κ1) is 11.4. The third kappa shape index (κ3) is 2.67. The zero-order chi connectivity index (χ0) is 10.9. The second-order valence-corrected chi connectivity index (χ2v) is 4.68. The molecule has 0 aliphatic carbocycles. The summed E-state index contributed by atoms with van der Waals surface area (Å²) in [4.78, 5) is 13.0. The van der Waals surface area contributed by atoms with Crippen LogP contribution >= 0.6 is 0 Å². The lowest BCUT2D eigenvalue weighted by molar-refractivity contribution is -0.146. The fourth-order valence-corrected chi connectivity index (χ4v) is 1.86. The van der Waals surface area contributed by atoms with Crippen LogP contribution in [0.5, 0.6) is 0 Å². The maximum Gasteiger partial charge on any atom is 0.259 e. The van der Waals surface area contributed by atoms with E-state index >= 15 is 0 Å². The zero-order valence-corrected chi connectivity index (χ0v) is 8.96. The minimum atomic E-state index is -1.84. The van der Waals surface area contributed by atoms with Crippen LogP contribution in [0.4, 0.5) is 4.39 Å². The average Bonchev–Trinajstić information content (AvgIpc) is 1.99. The number of β-amino-alcohol motifs (C(OH)–C–C–N with tert-alkyl or cyclic N) is 1. The molecule has 1 amide bonds. The van der Waals surface area contributed by atoms with Crippen molar-refractivity contribution in [3.8, 4) is 0 Å². The van der Waals surface area contributed by atoms with Crippen molar-refractivity contribution in [3.05, 3.63) is 0 Å². The molecule has 1 aliphatic rings. The summed E-state index contributed by atoms with van der Waals surface area (Å²) in [6.45, 7) is 5.26. The van der Waals surface area contributed by atoms with Crippen molar-refractivity contribution in [2.75, 3.05) is 13.1 Å². The molecule has 1 rings (SSSR count). The van der Waals surface area contributed by atoms with E-state index in [0.29, 0.717) is 13.0 Å². The number of piperidine rings is 1. The van der Waals surface area contributed by atoms with E-state index in [9.17, 15) is 14.3 Å². The predicted octanol–water partition coefficient (Wildman–Crippen LogP) is 0.964. The van der Waals surface area contributed by atoms with Gasteiger partial charge in [0.15, 0.2) is 5.67 Å². The molecule has 1 fully saturated rings. The highest BCUT2D eigenvalue weighted by Crippen LogP contribution is 2.21. The molecule has 0 saturated carbocycles. The minimum Gasteiger partial charge on any atom is -0.391 e. The van der Waals surface area contributed by atoms with Crippen LogP contribution in [-0.4, -0.2) is 40.8 Å². The molecular weight excluding hydrogens is 185 g/mol. The Morgan fingerprint density at radius 2 is 2.07 bits per heavy atom. The number of aliphatic hydroxyl groups is 1. The Balaban J connectivity index is 2.64. The first-order valence-corrected chi connectivity index (χ1v) is 4.97. The van der Waals surface area contributed by atoms with Crippen molar-refractivity contribution in [1.82, 2.24) is 4.90 Å². The van der Waals surface area contributed by atoms with Gasteiger partial charge in [-0.25, -0.2) is 4.39 Å². The van der Waals surface area contributed by atoms with E-state index in [2.05, 4.69) is 0 Å². The second-order valence-electron chi connectivity index (χ2n) is 4.68.